The van der Waals surface area contributed by atoms with Crippen LogP contribution in [0.2, 0.25) is 0 Å². The molecule has 1 aromatic carbocycles. The molecule has 1 aliphatic heterocycles. The summed E-state index contributed by atoms with van der Waals surface area (Å²) in [6, 6.07) is 4.61. The Bertz CT molecular complexity index is 925. The van der Waals surface area contributed by atoms with E-state index in [0.29, 0.717) is 18.5 Å². The second kappa shape index (κ2) is 7.22. The maximum atomic E-state index is 12.5. The van der Waals surface area contributed by atoms with Crippen LogP contribution in [0.5, 0.6) is 12.0 Å². The second-order valence-corrected chi connectivity index (χ2v) is 7.18. The molecule has 0 aliphatic carbocycles. The molecule has 2 heterocycles. The van der Waals surface area contributed by atoms with E-state index in [9.17, 15) is 13.2 Å². The van der Waals surface area contributed by atoms with Crippen molar-refractivity contribution in [1.29, 1.82) is 0 Å². The molecule has 0 radical (unpaired) electrons. The van der Waals surface area contributed by atoms with Gasteiger partial charge in [-0.05, 0) is 30.2 Å². The molecule has 1 aromatic heterocycles. The fraction of sp³-hybridized carbons (Fsp3) is 0.333. The molecule has 0 saturated carbocycles. The Morgan fingerprint density at radius 3 is 2.46 bits per heavy atom. The Kier molecular flexibility index (Phi) is 5.00. The number of nitrogens with zero attached hydrogens (tertiary/aromatic N) is 3. The van der Waals surface area contributed by atoms with Gasteiger partial charge in [0, 0.05) is 12.1 Å². The number of ether oxygens (including phenoxy) is 2. The Hall–Kier alpha value is -2.79. The minimum absolute atomic E-state index is 0.0237. The van der Waals surface area contributed by atoms with Gasteiger partial charge in [-0.25, -0.2) is 13.1 Å². The monoisotopic (exact) mass is 379 g/mol. The normalized spacial score (nSPS) is 13.7. The molecule has 2 N–H and O–H groups in total. The summed E-state index contributed by atoms with van der Waals surface area (Å²) >= 11 is 0. The lowest BCUT2D eigenvalue weighted by molar-refractivity contribution is -0.116. The predicted molar refractivity (Wildman–Crippen MR) is 90.3 cm³/mol. The standard InChI is InChI=1S/C15H17N5O5S/c1-24-14-18-12(19-15(20-14)25-2)8-16-26(22,23)10-4-5-11-9(7-10)3-6-13(21)17-11/h4-5,7,16H,3,6,8H2,1-2H3,(H,17,21). The maximum Gasteiger partial charge on any atom is 0.322 e. The van der Waals surface area contributed by atoms with E-state index in [1.165, 1.54) is 20.3 Å². The van der Waals surface area contributed by atoms with Crippen LogP contribution < -0.4 is 19.5 Å². The summed E-state index contributed by atoms with van der Waals surface area (Å²) in [5.41, 5.74) is 1.41. The van der Waals surface area contributed by atoms with Gasteiger partial charge in [0.25, 0.3) is 0 Å². The van der Waals surface area contributed by atoms with E-state index < -0.39 is 10.0 Å². The van der Waals surface area contributed by atoms with Gasteiger partial charge < -0.3 is 14.8 Å². The third-order valence-corrected chi connectivity index (χ3v) is 5.11. The van der Waals surface area contributed by atoms with E-state index in [0.717, 1.165) is 5.56 Å². The van der Waals surface area contributed by atoms with Crippen LogP contribution in [0.15, 0.2) is 23.1 Å². The van der Waals surface area contributed by atoms with E-state index in [-0.39, 0.29) is 35.2 Å². The molecule has 2 aromatic rings. The van der Waals surface area contributed by atoms with E-state index >= 15 is 0 Å². The number of methoxy groups -OCH3 is 2. The van der Waals surface area contributed by atoms with Crippen LogP contribution in [0.4, 0.5) is 5.69 Å². The van der Waals surface area contributed by atoms with Crippen molar-refractivity contribution in [1.82, 2.24) is 19.7 Å². The molecule has 3 rings (SSSR count). The zero-order valence-electron chi connectivity index (χ0n) is 14.1. The van der Waals surface area contributed by atoms with E-state index in [1.807, 2.05) is 0 Å². The summed E-state index contributed by atoms with van der Waals surface area (Å²) < 4.78 is 37.4. The number of anilines is 1. The van der Waals surface area contributed by atoms with Crippen LogP contribution >= 0.6 is 0 Å². The van der Waals surface area contributed by atoms with Gasteiger partial charge in [-0.2, -0.15) is 9.97 Å². The third-order valence-electron chi connectivity index (χ3n) is 3.71. The molecule has 1 amide bonds. The van der Waals surface area contributed by atoms with Crippen LogP contribution in [-0.2, 0) is 27.8 Å². The van der Waals surface area contributed by atoms with Crippen LogP contribution in [0.1, 0.15) is 17.8 Å². The molecule has 0 atom stereocenters. The smallest absolute Gasteiger partial charge is 0.322 e. The van der Waals surface area contributed by atoms with Crippen LogP contribution in [0.3, 0.4) is 0 Å². The Labute approximate surface area is 150 Å². The molecule has 0 spiro atoms. The van der Waals surface area contributed by atoms with Crippen LogP contribution in [0.25, 0.3) is 0 Å². The zero-order valence-corrected chi connectivity index (χ0v) is 15.0. The minimum atomic E-state index is -3.79. The number of carbonyl (C=O) groups excluding carboxylic acids is 1. The highest BCUT2D eigenvalue weighted by Crippen LogP contribution is 2.25. The minimum Gasteiger partial charge on any atom is -0.467 e. The fourth-order valence-corrected chi connectivity index (χ4v) is 3.44. The highest BCUT2D eigenvalue weighted by Gasteiger charge is 2.20. The quantitative estimate of drug-likeness (QED) is 0.730. The van der Waals surface area contributed by atoms with Crippen molar-refractivity contribution in [3.8, 4) is 12.0 Å². The van der Waals surface area contributed by atoms with Gasteiger partial charge in [-0.3, -0.25) is 4.79 Å². The molecular weight excluding hydrogens is 362 g/mol. The van der Waals surface area contributed by atoms with Crippen molar-refractivity contribution in [3.05, 3.63) is 29.6 Å². The Morgan fingerprint density at radius 1 is 1.12 bits per heavy atom. The third kappa shape index (κ3) is 3.89. The first-order chi connectivity index (χ1) is 12.4. The Morgan fingerprint density at radius 2 is 1.81 bits per heavy atom. The largest absolute Gasteiger partial charge is 0.467 e. The van der Waals surface area contributed by atoms with Gasteiger partial charge in [-0.15, -0.1) is 4.98 Å². The maximum absolute atomic E-state index is 12.5. The summed E-state index contributed by atoms with van der Waals surface area (Å²) in [5, 5.41) is 2.71. The Balaban J connectivity index is 1.78. The van der Waals surface area contributed by atoms with E-state index in [1.54, 1.807) is 12.1 Å². The van der Waals surface area contributed by atoms with Crippen molar-refractivity contribution < 1.29 is 22.7 Å². The SMILES string of the molecule is COc1nc(CNS(=O)(=O)c2ccc3c(c2)CCC(=O)N3)nc(OC)n1. The summed E-state index contributed by atoms with van der Waals surface area (Å²) in [4.78, 5) is 23.3. The number of rotatable bonds is 6. The molecule has 0 fully saturated rings. The number of hydrogen-bond donors (Lipinski definition) is 2. The summed E-state index contributed by atoms with van der Waals surface area (Å²) in [6.07, 6.45) is 0.820. The van der Waals surface area contributed by atoms with E-state index in [2.05, 4.69) is 25.0 Å². The van der Waals surface area contributed by atoms with Gasteiger partial charge in [0.15, 0.2) is 5.82 Å². The molecule has 1 aliphatic rings. The molecule has 26 heavy (non-hydrogen) atoms. The average Bonchev–Trinajstić information content (AvgIpc) is 2.65. The van der Waals surface area contributed by atoms with Crippen LogP contribution in [-0.4, -0.2) is 43.5 Å². The highest BCUT2D eigenvalue weighted by molar-refractivity contribution is 7.89. The second-order valence-electron chi connectivity index (χ2n) is 5.42. The van der Waals surface area contributed by atoms with Crippen molar-refractivity contribution in [2.75, 3.05) is 19.5 Å². The van der Waals surface area contributed by atoms with Crippen molar-refractivity contribution >= 4 is 21.6 Å². The number of aromatic nitrogens is 3. The van der Waals surface area contributed by atoms with Gasteiger partial charge in [-0.1, -0.05) is 0 Å². The van der Waals surface area contributed by atoms with Crippen molar-refractivity contribution in [3.63, 3.8) is 0 Å². The summed E-state index contributed by atoms with van der Waals surface area (Å²) in [7, 11) is -1.02. The van der Waals surface area contributed by atoms with Crippen molar-refractivity contribution in [2.45, 2.75) is 24.3 Å². The lowest BCUT2D eigenvalue weighted by Gasteiger charge is -2.17. The number of amides is 1. The summed E-state index contributed by atoms with van der Waals surface area (Å²) in [5.74, 6) is 0.0754. The van der Waals surface area contributed by atoms with Crippen LogP contribution in [0, 0.1) is 0 Å². The van der Waals surface area contributed by atoms with Gasteiger partial charge in [0.05, 0.1) is 25.7 Å². The number of hydrogen-bond acceptors (Lipinski definition) is 8. The van der Waals surface area contributed by atoms with E-state index in [4.69, 9.17) is 9.47 Å². The molecule has 0 saturated heterocycles. The fourth-order valence-electron chi connectivity index (χ4n) is 2.41. The predicted octanol–water partition coefficient (Wildman–Crippen LogP) is 0.252. The van der Waals surface area contributed by atoms with Gasteiger partial charge in [0.2, 0.25) is 15.9 Å². The van der Waals surface area contributed by atoms with Crippen molar-refractivity contribution in [2.24, 2.45) is 0 Å². The average molecular weight is 379 g/mol. The number of fused-ring (bicyclic) bond motifs is 1. The zero-order chi connectivity index (χ0) is 18.7. The number of benzene rings is 1. The lowest BCUT2D eigenvalue weighted by atomic mass is 10.0. The number of aryl methyl sites for hydroxylation is 1. The first kappa shape index (κ1) is 18.0. The number of sulfonamides is 1. The number of carbonyl (C=O) groups is 1. The molecule has 0 bridgehead atoms. The number of nitrogens with one attached hydrogen (secondary N) is 2. The van der Waals surface area contributed by atoms with Gasteiger partial charge in [0.1, 0.15) is 0 Å². The molecule has 11 heteroatoms. The first-order valence-electron chi connectivity index (χ1n) is 7.66. The van der Waals surface area contributed by atoms with Gasteiger partial charge >= 0.3 is 12.0 Å². The summed E-state index contributed by atoms with van der Waals surface area (Å²) in [6.45, 7) is -0.161. The molecular formula is C15H17N5O5S. The molecule has 10 nitrogen and oxygen atoms in total. The molecule has 138 valence electrons. The highest BCUT2D eigenvalue weighted by atomic mass is 32.2. The molecule has 0 unspecified atom stereocenters. The topological polar surface area (TPSA) is 132 Å². The lowest BCUT2D eigenvalue weighted by Crippen LogP contribution is -2.25. The first-order valence-corrected chi connectivity index (χ1v) is 9.15.